The Hall–Kier alpha value is 0.500. The first-order valence-electron chi connectivity index (χ1n) is 6.33. The molecule has 1 fully saturated rings. The lowest BCUT2D eigenvalue weighted by atomic mass is 10.1. The number of halogens is 3. The molecule has 1 heterocycles. The van der Waals surface area contributed by atoms with Crippen LogP contribution in [0.4, 0.5) is 8.78 Å². The van der Waals surface area contributed by atoms with Crippen molar-refractivity contribution in [3.05, 3.63) is 0 Å². The largest absolute Gasteiger partial charge is 0.360 e. The van der Waals surface area contributed by atoms with Crippen LogP contribution in [0.2, 0.25) is 0 Å². The average molecular weight is 395 g/mol. The van der Waals surface area contributed by atoms with E-state index in [9.17, 15) is 17.2 Å². The van der Waals surface area contributed by atoms with Crippen LogP contribution < -0.4 is 0 Å². The van der Waals surface area contributed by atoms with Crippen molar-refractivity contribution in [2.45, 2.75) is 54.6 Å². The van der Waals surface area contributed by atoms with Crippen LogP contribution in [0, 0.1) is 0 Å². The van der Waals surface area contributed by atoms with Crippen molar-refractivity contribution < 1.29 is 17.2 Å². The topological polar surface area (TPSA) is 37.4 Å². The van der Waals surface area contributed by atoms with Crippen LogP contribution >= 0.6 is 22.6 Å². The molecule has 0 aliphatic carbocycles. The van der Waals surface area contributed by atoms with Gasteiger partial charge in [-0.25, -0.2) is 8.42 Å². The number of hydrogen-bond acceptors (Lipinski definition) is 2. The van der Waals surface area contributed by atoms with E-state index >= 15 is 0 Å². The Labute approximate surface area is 121 Å². The Bertz CT molecular complexity index is 356. The van der Waals surface area contributed by atoms with Crippen molar-refractivity contribution in [3.8, 4) is 0 Å². The van der Waals surface area contributed by atoms with Crippen LogP contribution in [-0.2, 0) is 10.0 Å². The van der Waals surface area contributed by atoms with Crippen molar-refractivity contribution in [1.29, 1.82) is 0 Å². The van der Waals surface area contributed by atoms with Gasteiger partial charge >= 0.3 is 5.25 Å². The molecule has 3 nitrogen and oxygen atoms in total. The highest BCUT2D eigenvalue weighted by atomic mass is 127. The molecule has 0 aromatic rings. The summed E-state index contributed by atoms with van der Waals surface area (Å²) in [5.41, 5.74) is 0. The van der Waals surface area contributed by atoms with Crippen LogP contribution in [0.25, 0.3) is 0 Å². The molecule has 0 radical (unpaired) electrons. The molecule has 18 heavy (non-hydrogen) atoms. The summed E-state index contributed by atoms with van der Waals surface area (Å²) in [6, 6.07) is 0. The maximum atomic E-state index is 13.9. The molecule has 0 amide bonds. The average Bonchev–Trinajstić information content (AvgIpc) is 2.79. The van der Waals surface area contributed by atoms with E-state index in [1.807, 2.05) is 29.5 Å². The first-order chi connectivity index (χ1) is 8.31. The summed E-state index contributed by atoms with van der Waals surface area (Å²) in [6.07, 6.45) is 3.21. The number of hydrogen-bond donors (Lipinski definition) is 0. The molecule has 7 heteroatoms. The minimum Gasteiger partial charge on any atom is -0.206 e. The smallest absolute Gasteiger partial charge is 0.206 e. The second-order valence-electron chi connectivity index (χ2n) is 4.69. The van der Waals surface area contributed by atoms with E-state index in [2.05, 4.69) is 0 Å². The van der Waals surface area contributed by atoms with E-state index in [0.29, 0.717) is 19.3 Å². The molecule has 1 saturated heterocycles. The van der Waals surface area contributed by atoms with Gasteiger partial charge < -0.3 is 0 Å². The van der Waals surface area contributed by atoms with E-state index in [1.54, 1.807) is 0 Å². The van der Waals surface area contributed by atoms with E-state index in [0.717, 1.165) is 17.1 Å². The number of unbranched alkanes of at least 4 members (excludes halogenated alkanes) is 1. The molecular formula is C11H20F2INO2S. The van der Waals surface area contributed by atoms with Gasteiger partial charge in [0.15, 0.2) is 0 Å². The lowest BCUT2D eigenvalue weighted by Crippen LogP contribution is -2.42. The van der Waals surface area contributed by atoms with E-state index < -0.39 is 21.7 Å². The minimum absolute atomic E-state index is 0.235. The van der Waals surface area contributed by atoms with Crippen molar-refractivity contribution in [1.82, 2.24) is 4.31 Å². The van der Waals surface area contributed by atoms with Gasteiger partial charge in [0.2, 0.25) is 0 Å². The summed E-state index contributed by atoms with van der Waals surface area (Å²) in [5, 5.41) is -3.63. The van der Waals surface area contributed by atoms with E-state index in [-0.39, 0.29) is 17.0 Å². The molecule has 1 aliphatic rings. The van der Waals surface area contributed by atoms with E-state index in [1.165, 1.54) is 0 Å². The highest BCUT2D eigenvalue weighted by Gasteiger charge is 2.50. The number of rotatable bonds is 7. The Balaban J connectivity index is 2.66. The maximum Gasteiger partial charge on any atom is 0.360 e. The van der Waals surface area contributed by atoms with Gasteiger partial charge in [-0.05, 0) is 19.3 Å². The third-order valence-corrected chi connectivity index (χ3v) is 6.14. The second-order valence-corrected chi connectivity index (χ2v) is 8.52. The second kappa shape index (κ2) is 6.78. The Morgan fingerprint density at radius 1 is 1.33 bits per heavy atom. The summed E-state index contributed by atoms with van der Waals surface area (Å²) >= 11 is 1.93. The standard InChI is InChI=1S/C11H20F2INO2S/c1-2-3-6-10(14)9-11(12,13)18(16,17)15-7-4-5-8-15/h10H,2-9H2,1H3. The Morgan fingerprint density at radius 2 is 1.89 bits per heavy atom. The fourth-order valence-corrected chi connectivity index (χ4v) is 4.83. The summed E-state index contributed by atoms with van der Waals surface area (Å²) < 4.78 is 52.1. The fraction of sp³-hybridized carbons (Fsp3) is 1.00. The van der Waals surface area contributed by atoms with Gasteiger partial charge in [0, 0.05) is 23.4 Å². The molecule has 0 bridgehead atoms. The zero-order chi connectivity index (χ0) is 13.8. The van der Waals surface area contributed by atoms with Crippen LogP contribution in [0.15, 0.2) is 0 Å². The molecule has 108 valence electrons. The van der Waals surface area contributed by atoms with Crippen molar-refractivity contribution >= 4 is 32.6 Å². The van der Waals surface area contributed by atoms with Gasteiger partial charge in [-0.3, -0.25) is 0 Å². The number of sulfonamides is 1. The van der Waals surface area contributed by atoms with Crippen LogP contribution in [0.1, 0.15) is 45.4 Å². The molecule has 1 aliphatic heterocycles. The maximum absolute atomic E-state index is 13.9. The summed E-state index contributed by atoms with van der Waals surface area (Å²) in [4.78, 5) is 0. The zero-order valence-electron chi connectivity index (χ0n) is 10.5. The van der Waals surface area contributed by atoms with Gasteiger partial charge in [0.1, 0.15) is 0 Å². The molecule has 0 N–H and O–H groups in total. The van der Waals surface area contributed by atoms with Crippen molar-refractivity contribution in [2.24, 2.45) is 0 Å². The lowest BCUT2D eigenvalue weighted by Gasteiger charge is -2.25. The van der Waals surface area contributed by atoms with Crippen LogP contribution in [0.3, 0.4) is 0 Å². The third-order valence-electron chi connectivity index (χ3n) is 3.11. The van der Waals surface area contributed by atoms with Crippen molar-refractivity contribution in [2.75, 3.05) is 13.1 Å². The zero-order valence-corrected chi connectivity index (χ0v) is 13.5. The monoisotopic (exact) mass is 395 g/mol. The summed E-state index contributed by atoms with van der Waals surface area (Å²) in [5.74, 6) is 0. The normalized spacial score (nSPS) is 20.2. The molecule has 0 aromatic carbocycles. The Morgan fingerprint density at radius 3 is 2.39 bits per heavy atom. The molecule has 1 unspecified atom stereocenters. The van der Waals surface area contributed by atoms with Gasteiger partial charge in [-0.15, -0.1) is 0 Å². The summed E-state index contributed by atoms with van der Waals surface area (Å²) in [6.45, 7) is 2.46. The first kappa shape index (κ1) is 16.6. The summed E-state index contributed by atoms with van der Waals surface area (Å²) in [7, 11) is -4.46. The lowest BCUT2D eigenvalue weighted by molar-refractivity contribution is 0.0749. The Kier molecular flexibility index (Phi) is 6.24. The predicted octanol–water partition coefficient (Wildman–Crippen LogP) is 3.39. The number of alkyl halides is 3. The van der Waals surface area contributed by atoms with Gasteiger partial charge in [-0.2, -0.15) is 13.1 Å². The molecule has 0 spiro atoms. The van der Waals surface area contributed by atoms with Crippen LogP contribution in [0.5, 0.6) is 0 Å². The predicted molar refractivity (Wildman–Crippen MR) is 76.6 cm³/mol. The molecule has 0 saturated carbocycles. The highest BCUT2D eigenvalue weighted by Crippen LogP contribution is 2.35. The third kappa shape index (κ3) is 4.00. The van der Waals surface area contributed by atoms with Crippen LogP contribution in [-0.4, -0.2) is 35.0 Å². The first-order valence-corrected chi connectivity index (χ1v) is 9.01. The van der Waals surface area contributed by atoms with Gasteiger partial charge in [-0.1, -0.05) is 42.4 Å². The molecular weight excluding hydrogens is 375 g/mol. The molecule has 1 atom stereocenters. The fourth-order valence-electron chi connectivity index (χ4n) is 2.01. The van der Waals surface area contributed by atoms with Gasteiger partial charge in [0.05, 0.1) is 0 Å². The minimum atomic E-state index is -4.46. The quantitative estimate of drug-likeness (QED) is 0.490. The SMILES string of the molecule is CCCCC(I)CC(F)(F)S(=O)(=O)N1CCCC1. The molecule has 0 aromatic heterocycles. The van der Waals surface area contributed by atoms with Gasteiger partial charge in [0.25, 0.3) is 10.0 Å². The van der Waals surface area contributed by atoms with Crippen molar-refractivity contribution in [3.63, 3.8) is 0 Å². The highest BCUT2D eigenvalue weighted by molar-refractivity contribution is 14.1. The number of nitrogens with zero attached hydrogens (tertiary/aromatic N) is 1. The van der Waals surface area contributed by atoms with E-state index in [4.69, 9.17) is 0 Å². The molecule has 1 rings (SSSR count).